The number of sulfonamides is 1. The number of likely N-dealkylation sites (tertiary alicyclic amines) is 1. The monoisotopic (exact) mass is 396 g/mol. The molecule has 2 saturated heterocycles. The minimum absolute atomic E-state index is 0.0406. The first kappa shape index (κ1) is 17.6. The molecule has 10 heteroatoms. The smallest absolute Gasteiger partial charge is 0.254 e. The third-order valence-corrected chi connectivity index (χ3v) is 7.82. The van der Waals surface area contributed by atoms with E-state index in [1.807, 2.05) is 10.8 Å². The lowest BCUT2D eigenvalue weighted by atomic mass is 9.81. The highest BCUT2D eigenvalue weighted by Gasteiger charge is 2.59. The zero-order valence-electron chi connectivity index (χ0n) is 14.6. The molecule has 8 nitrogen and oxygen atoms in total. The summed E-state index contributed by atoms with van der Waals surface area (Å²) in [5.74, 6) is 0.880. The zero-order chi connectivity index (χ0) is 18.5. The lowest BCUT2D eigenvalue weighted by Crippen LogP contribution is -2.41. The molecule has 0 radical (unpaired) electrons. The van der Waals surface area contributed by atoms with Crippen LogP contribution in [0.2, 0.25) is 0 Å². The molecule has 0 aliphatic carbocycles. The second-order valence-electron chi connectivity index (χ2n) is 6.89. The van der Waals surface area contributed by atoms with Crippen LogP contribution in [-0.2, 0) is 15.4 Å². The number of fused-ring (bicyclic) bond motifs is 1. The van der Waals surface area contributed by atoms with Crippen LogP contribution in [-0.4, -0.2) is 65.6 Å². The average molecular weight is 396 g/mol. The highest BCUT2D eigenvalue weighted by molar-refractivity contribution is 7.89. The molecular formula is C16H20N4O4S2. The molecule has 2 atom stereocenters. The third-order valence-electron chi connectivity index (χ3n) is 5.34. The number of carbonyl (C=O) groups excluding carboxylic acids is 1. The van der Waals surface area contributed by atoms with E-state index in [4.69, 9.17) is 4.52 Å². The second kappa shape index (κ2) is 6.14. The van der Waals surface area contributed by atoms with Crippen LogP contribution in [0.1, 0.15) is 29.0 Å². The molecule has 4 heterocycles. The lowest BCUT2D eigenvalue weighted by molar-refractivity contribution is 0.0773. The molecule has 26 heavy (non-hydrogen) atoms. The summed E-state index contributed by atoms with van der Waals surface area (Å²) in [5.41, 5.74) is 0.0136. The third kappa shape index (κ3) is 2.67. The maximum Gasteiger partial charge on any atom is 0.254 e. The summed E-state index contributed by atoms with van der Waals surface area (Å²) >= 11 is 1.48. The Morgan fingerprint density at radius 1 is 1.42 bits per heavy atom. The Morgan fingerprint density at radius 2 is 2.23 bits per heavy atom. The Kier molecular flexibility index (Phi) is 4.16. The number of aryl methyl sites for hydroxylation is 1. The highest BCUT2D eigenvalue weighted by atomic mass is 32.2. The molecule has 0 spiro atoms. The van der Waals surface area contributed by atoms with E-state index in [0.29, 0.717) is 36.9 Å². The molecule has 4 rings (SSSR count). The van der Waals surface area contributed by atoms with E-state index in [1.54, 1.807) is 24.8 Å². The molecule has 0 bridgehead atoms. The Hall–Kier alpha value is -1.78. The van der Waals surface area contributed by atoms with Crippen LogP contribution < -0.4 is 0 Å². The van der Waals surface area contributed by atoms with Crippen LogP contribution in [0.4, 0.5) is 0 Å². The predicted molar refractivity (Wildman–Crippen MR) is 95.5 cm³/mol. The van der Waals surface area contributed by atoms with Crippen molar-refractivity contribution in [3.63, 3.8) is 0 Å². The summed E-state index contributed by atoms with van der Waals surface area (Å²) in [7, 11) is -3.32. The zero-order valence-corrected chi connectivity index (χ0v) is 16.2. The summed E-state index contributed by atoms with van der Waals surface area (Å²) in [6, 6.07) is 1.80. The number of rotatable bonds is 4. The lowest BCUT2D eigenvalue weighted by Gasteiger charge is -2.25. The number of carbonyl (C=O) groups is 1. The molecular weight excluding hydrogens is 376 g/mol. The molecule has 2 aliphatic heterocycles. The molecule has 2 aromatic heterocycles. The summed E-state index contributed by atoms with van der Waals surface area (Å²) < 4.78 is 31.7. The van der Waals surface area contributed by atoms with Crippen LogP contribution in [0.3, 0.4) is 0 Å². The molecule has 0 N–H and O–H groups in total. The van der Waals surface area contributed by atoms with Gasteiger partial charge in [-0.3, -0.25) is 4.79 Å². The largest absolute Gasteiger partial charge is 0.339 e. The van der Waals surface area contributed by atoms with E-state index in [2.05, 4.69) is 10.1 Å². The van der Waals surface area contributed by atoms with E-state index in [9.17, 15) is 13.2 Å². The first-order chi connectivity index (χ1) is 12.4. The number of aromatic nitrogens is 2. The fourth-order valence-electron chi connectivity index (χ4n) is 3.94. The van der Waals surface area contributed by atoms with E-state index < -0.39 is 15.4 Å². The Bertz CT molecular complexity index is 924. The number of nitrogens with zero attached hydrogens (tertiary/aromatic N) is 4. The number of hydrogen-bond donors (Lipinski definition) is 0. The maximum absolute atomic E-state index is 12.8. The van der Waals surface area contributed by atoms with E-state index in [1.165, 1.54) is 15.6 Å². The van der Waals surface area contributed by atoms with Crippen LogP contribution in [0, 0.1) is 12.8 Å². The molecule has 0 aromatic carbocycles. The van der Waals surface area contributed by atoms with Crippen LogP contribution >= 0.6 is 11.3 Å². The predicted octanol–water partition coefficient (Wildman–Crippen LogP) is 1.11. The van der Waals surface area contributed by atoms with E-state index >= 15 is 0 Å². The van der Waals surface area contributed by atoms with Gasteiger partial charge in [0.25, 0.3) is 5.91 Å². The van der Waals surface area contributed by atoms with Gasteiger partial charge in [0, 0.05) is 37.5 Å². The summed E-state index contributed by atoms with van der Waals surface area (Å²) in [6.45, 7) is 4.86. The van der Waals surface area contributed by atoms with E-state index in [0.717, 1.165) is 0 Å². The van der Waals surface area contributed by atoms with Gasteiger partial charge in [-0.2, -0.15) is 16.3 Å². The van der Waals surface area contributed by atoms with Gasteiger partial charge in [0.2, 0.25) is 15.9 Å². The van der Waals surface area contributed by atoms with Crippen molar-refractivity contribution in [3.05, 3.63) is 34.1 Å². The molecule has 1 amide bonds. The Balaban J connectivity index is 1.68. The van der Waals surface area contributed by atoms with Crippen molar-refractivity contribution >= 4 is 27.3 Å². The molecule has 140 valence electrons. The molecule has 2 fully saturated rings. The topological polar surface area (TPSA) is 96.6 Å². The molecule has 0 unspecified atom stereocenters. The number of amides is 1. The van der Waals surface area contributed by atoms with Crippen LogP contribution in [0.5, 0.6) is 0 Å². The van der Waals surface area contributed by atoms with Crippen molar-refractivity contribution in [1.82, 2.24) is 19.3 Å². The normalized spacial score (nSPS) is 26.4. The van der Waals surface area contributed by atoms with Gasteiger partial charge >= 0.3 is 0 Å². The van der Waals surface area contributed by atoms with Crippen molar-refractivity contribution in [2.75, 3.05) is 31.9 Å². The SMILES string of the molecule is CCS(=O)(=O)N1C[C@@H]2CN(C(=O)c3ccsc3)C[C@]2(c2nc(C)no2)C1. The quantitative estimate of drug-likeness (QED) is 0.768. The molecule has 2 aliphatic rings. The maximum atomic E-state index is 12.8. The standard InChI is InChI=1S/C16H20N4O4S2/c1-3-26(22,23)20-7-13-6-19(14(21)12-4-5-25-8-12)9-16(13,10-20)15-17-11(2)18-24-15/h4-5,8,13H,3,6-7,9-10H2,1-2H3/t13-,16-/m0/s1. The van der Waals surface area contributed by atoms with E-state index in [-0.39, 0.29) is 24.1 Å². The van der Waals surface area contributed by atoms with Crippen molar-refractivity contribution in [2.24, 2.45) is 5.92 Å². The van der Waals surface area contributed by atoms with Crippen LogP contribution in [0.25, 0.3) is 0 Å². The van der Waals surface area contributed by atoms with Crippen molar-refractivity contribution < 1.29 is 17.7 Å². The second-order valence-corrected chi connectivity index (χ2v) is 9.93. The van der Waals surface area contributed by atoms with Crippen LogP contribution in [0.15, 0.2) is 21.3 Å². The first-order valence-electron chi connectivity index (χ1n) is 8.46. The fraction of sp³-hybridized carbons (Fsp3) is 0.562. The minimum Gasteiger partial charge on any atom is -0.339 e. The van der Waals surface area contributed by atoms with Gasteiger partial charge in [-0.05, 0) is 25.3 Å². The van der Waals surface area contributed by atoms with Gasteiger partial charge in [-0.1, -0.05) is 5.16 Å². The summed E-state index contributed by atoms with van der Waals surface area (Å²) in [5, 5.41) is 7.59. The van der Waals surface area contributed by atoms with Gasteiger partial charge in [-0.15, -0.1) is 0 Å². The number of hydrogen-bond acceptors (Lipinski definition) is 7. The Morgan fingerprint density at radius 3 is 2.85 bits per heavy atom. The first-order valence-corrected chi connectivity index (χ1v) is 11.0. The van der Waals surface area contributed by atoms with Crippen molar-refractivity contribution in [3.8, 4) is 0 Å². The van der Waals surface area contributed by atoms with Crippen molar-refractivity contribution in [2.45, 2.75) is 19.3 Å². The Labute approximate surface area is 155 Å². The highest BCUT2D eigenvalue weighted by Crippen LogP contribution is 2.45. The van der Waals surface area contributed by atoms with Gasteiger partial charge in [-0.25, -0.2) is 12.7 Å². The average Bonchev–Trinajstić information content (AvgIpc) is 3.36. The van der Waals surface area contributed by atoms with Gasteiger partial charge in [0.1, 0.15) is 0 Å². The number of thiophene rings is 1. The molecule has 2 aromatic rings. The van der Waals surface area contributed by atoms with Gasteiger partial charge in [0.15, 0.2) is 5.82 Å². The minimum atomic E-state index is -3.32. The summed E-state index contributed by atoms with van der Waals surface area (Å²) in [6.07, 6.45) is 0. The fourth-order valence-corrected chi connectivity index (χ4v) is 5.77. The van der Waals surface area contributed by atoms with Crippen molar-refractivity contribution in [1.29, 1.82) is 0 Å². The van der Waals surface area contributed by atoms with Gasteiger partial charge in [0.05, 0.1) is 16.7 Å². The summed E-state index contributed by atoms with van der Waals surface area (Å²) in [4.78, 5) is 19.0. The molecule has 0 saturated carbocycles. The van der Waals surface area contributed by atoms with Gasteiger partial charge < -0.3 is 9.42 Å².